The Morgan fingerprint density at radius 1 is 1.25 bits per heavy atom. The minimum Gasteiger partial charge on any atom is -0.140 e. The molecule has 0 amide bonds. The Labute approximate surface area is 72.8 Å². The van der Waals surface area contributed by atoms with Crippen LogP contribution in [0.4, 0.5) is 4.48 Å². The zero-order chi connectivity index (χ0) is 8.97. The number of nitrogens with zero attached hydrogens (tertiary/aromatic N) is 1. The van der Waals surface area contributed by atoms with Crippen molar-refractivity contribution in [3.05, 3.63) is 35.9 Å². The van der Waals surface area contributed by atoms with E-state index in [2.05, 4.69) is 0 Å². The van der Waals surface area contributed by atoms with Crippen molar-refractivity contribution >= 4 is 0 Å². The molecule has 0 unspecified atom stereocenters. The predicted octanol–water partition coefficient (Wildman–Crippen LogP) is 2.78. The van der Waals surface area contributed by atoms with Gasteiger partial charge in [0.15, 0.2) is 0 Å². The van der Waals surface area contributed by atoms with E-state index in [1.165, 1.54) is 0 Å². The van der Waals surface area contributed by atoms with Gasteiger partial charge in [-0.2, -0.15) is 0 Å². The van der Waals surface area contributed by atoms with Crippen LogP contribution in [0.5, 0.6) is 0 Å². The highest BCUT2D eigenvalue weighted by Gasteiger charge is 2.06. The van der Waals surface area contributed by atoms with Gasteiger partial charge in [0.2, 0.25) is 0 Å². The first kappa shape index (κ1) is 9.20. The molecule has 0 heterocycles. The molecule has 0 aromatic heterocycles. The molecule has 0 saturated heterocycles. The smallest absolute Gasteiger partial charge is 0.0543 e. The lowest BCUT2D eigenvalue weighted by molar-refractivity contribution is -0.0173. The number of halogens is 1. The van der Waals surface area contributed by atoms with E-state index >= 15 is 0 Å². The van der Waals surface area contributed by atoms with Crippen LogP contribution in [0.3, 0.4) is 0 Å². The highest BCUT2D eigenvalue weighted by Crippen LogP contribution is 2.07. The van der Waals surface area contributed by atoms with E-state index in [9.17, 15) is 4.48 Å². The molecule has 1 rings (SSSR count). The molecule has 0 atom stereocenters. The lowest BCUT2D eigenvalue weighted by atomic mass is 10.2. The fraction of sp³-hybridized carbons (Fsp3) is 0.400. The molecule has 1 nitrogen and oxygen atoms in total. The second-order valence-corrected chi connectivity index (χ2v) is 3.14. The standard InChI is InChI=1S/C10H14FN/c1-9(2)12(11)8-10-6-4-3-5-7-10/h3-7,9H,8H2,1-2H3. The molecule has 0 spiro atoms. The molecule has 0 fully saturated rings. The third kappa shape index (κ3) is 2.62. The molecule has 0 bridgehead atoms. The lowest BCUT2D eigenvalue weighted by Gasteiger charge is -2.15. The van der Waals surface area contributed by atoms with E-state index < -0.39 is 0 Å². The van der Waals surface area contributed by atoms with Gasteiger partial charge in [0.1, 0.15) is 0 Å². The van der Waals surface area contributed by atoms with Crippen LogP contribution in [0.25, 0.3) is 0 Å². The quantitative estimate of drug-likeness (QED) is 0.626. The normalized spacial score (nSPS) is 11.1. The van der Waals surface area contributed by atoms with Crippen LogP contribution in [0.2, 0.25) is 0 Å². The Bertz CT molecular complexity index is 221. The Morgan fingerprint density at radius 3 is 2.33 bits per heavy atom. The number of hydrogen-bond acceptors (Lipinski definition) is 1. The highest BCUT2D eigenvalue weighted by atomic mass is 19.2. The van der Waals surface area contributed by atoms with Gasteiger partial charge >= 0.3 is 0 Å². The minimum atomic E-state index is -0.0507. The van der Waals surface area contributed by atoms with Crippen LogP contribution in [-0.4, -0.2) is 11.2 Å². The van der Waals surface area contributed by atoms with Crippen LogP contribution in [0, 0.1) is 0 Å². The first-order valence-corrected chi connectivity index (χ1v) is 4.16. The van der Waals surface area contributed by atoms with Gasteiger partial charge in [-0.25, -0.2) is 0 Å². The Morgan fingerprint density at radius 2 is 1.83 bits per heavy atom. The summed E-state index contributed by atoms with van der Waals surface area (Å²) in [6, 6.07) is 9.57. The average molecular weight is 167 g/mol. The molecule has 0 saturated carbocycles. The van der Waals surface area contributed by atoms with Crippen molar-refractivity contribution in [3.63, 3.8) is 0 Å². The maximum atomic E-state index is 13.0. The Kier molecular flexibility index (Phi) is 3.23. The third-order valence-electron chi connectivity index (χ3n) is 1.74. The fourth-order valence-electron chi connectivity index (χ4n) is 0.940. The van der Waals surface area contributed by atoms with Crippen LogP contribution in [-0.2, 0) is 6.54 Å². The van der Waals surface area contributed by atoms with E-state index in [1.54, 1.807) is 0 Å². The summed E-state index contributed by atoms with van der Waals surface area (Å²) >= 11 is 0. The van der Waals surface area contributed by atoms with Crippen LogP contribution >= 0.6 is 0 Å². The summed E-state index contributed by atoms with van der Waals surface area (Å²) in [6.07, 6.45) is 0. The van der Waals surface area contributed by atoms with Crippen molar-refractivity contribution in [2.24, 2.45) is 0 Å². The molecule has 0 aliphatic carbocycles. The second-order valence-electron chi connectivity index (χ2n) is 3.14. The summed E-state index contributed by atoms with van der Waals surface area (Å²) in [5.74, 6) is 0. The van der Waals surface area contributed by atoms with Crippen LogP contribution in [0.1, 0.15) is 19.4 Å². The molecule has 66 valence electrons. The molecule has 2 heteroatoms. The predicted molar refractivity (Wildman–Crippen MR) is 48.2 cm³/mol. The van der Waals surface area contributed by atoms with E-state index in [1.807, 2.05) is 44.2 Å². The van der Waals surface area contributed by atoms with Crippen LogP contribution in [0.15, 0.2) is 30.3 Å². The monoisotopic (exact) mass is 167 g/mol. The molecule has 0 N–H and O–H groups in total. The lowest BCUT2D eigenvalue weighted by Crippen LogP contribution is -2.21. The van der Waals surface area contributed by atoms with Gasteiger partial charge in [0.05, 0.1) is 6.54 Å². The highest BCUT2D eigenvalue weighted by molar-refractivity contribution is 5.14. The molecule has 0 aliphatic rings. The Balaban J connectivity index is 2.53. The summed E-state index contributed by atoms with van der Waals surface area (Å²) in [5.41, 5.74) is 1.01. The van der Waals surface area contributed by atoms with Gasteiger partial charge in [-0.1, -0.05) is 30.3 Å². The average Bonchev–Trinajstić information content (AvgIpc) is 2.06. The van der Waals surface area contributed by atoms with E-state index in [0.29, 0.717) is 6.54 Å². The summed E-state index contributed by atoms with van der Waals surface area (Å²) in [5, 5.41) is 0.829. The minimum absolute atomic E-state index is 0.0507. The van der Waals surface area contributed by atoms with Gasteiger partial charge in [0.25, 0.3) is 0 Å². The maximum Gasteiger partial charge on any atom is 0.0543 e. The van der Waals surface area contributed by atoms with Gasteiger partial charge in [0, 0.05) is 6.04 Å². The second kappa shape index (κ2) is 4.21. The van der Waals surface area contributed by atoms with Gasteiger partial charge < -0.3 is 0 Å². The number of rotatable bonds is 3. The van der Waals surface area contributed by atoms with Crippen molar-refractivity contribution in [2.45, 2.75) is 26.4 Å². The molecular weight excluding hydrogens is 153 g/mol. The van der Waals surface area contributed by atoms with Crippen molar-refractivity contribution in [1.82, 2.24) is 5.12 Å². The molecular formula is C10H14FN. The van der Waals surface area contributed by atoms with Crippen molar-refractivity contribution in [2.75, 3.05) is 0 Å². The van der Waals surface area contributed by atoms with Crippen molar-refractivity contribution in [1.29, 1.82) is 0 Å². The third-order valence-corrected chi connectivity index (χ3v) is 1.74. The molecule has 12 heavy (non-hydrogen) atoms. The molecule has 1 aromatic carbocycles. The van der Waals surface area contributed by atoms with Crippen molar-refractivity contribution < 1.29 is 4.48 Å². The molecule has 0 aliphatic heterocycles. The van der Waals surface area contributed by atoms with E-state index in [0.717, 1.165) is 10.7 Å². The largest absolute Gasteiger partial charge is 0.140 e. The number of benzene rings is 1. The summed E-state index contributed by atoms with van der Waals surface area (Å²) in [4.78, 5) is 0. The zero-order valence-corrected chi connectivity index (χ0v) is 7.50. The summed E-state index contributed by atoms with van der Waals surface area (Å²) in [6.45, 7) is 4.05. The topological polar surface area (TPSA) is 3.24 Å². The Hall–Kier alpha value is -0.890. The summed E-state index contributed by atoms with van der Waals surface area (Å²) in [7, 11) is 0. The molecule has 1 aromatic rings. The van der Waals surface area contributed by atoms with Gasteiger partial charge in [-0.3, -0.25) is 0 Å². The first-order valence-electron chi connectivity index (χ1n) is 4.16. The van der Waals surface area contributed by atoms with Crippen LogP contribution < -0.4 is 0 Å². The SMILES string of the molecule is CC(C)N(F)Cc1ccccc1. The van der Waals surface area contributed by atoms with Gasteiger partial charge in [-0.05, 0) is 19.4 Å². The first-order chi connectivity index (χ1) is 5.70. The van der Waals surface area contributed by atoms with E-state index in [4.69, 9.17) is 0 Å². The molecule has 0 radical (unpaired) electrons. The maximum absolute atomic E-state index is 13.0. The zero-order valence-electron chi connectivity index (χ0n) is 7.50. The van der Waals surface area contributed by atoms with Crippen molar-refractivity contribution in [3.8, 4) is 0 Å². The number of hydrogen-bond donors (Lipinski definition) is 0. The fourth-order valence-corrected chi connectivity index (χ4v) is 0.940. The summed E-state index contributed by atoms with van der Waals surface area (Å²) < 4.78 is 13.0. The van der Waals surface area contributed by atoms with E-state index in [-0.39, 0.29) is 6.04 Å². The van der Waals surface area contributed by atoms with Gasteiger partial charge in [-0.15, -0.1) is 9.60 Å².